The number of fused-ring (bicyclic) bond motifs is 1. The highest BCUT2D eigenvalue weighted by atomic mass is 16.5. The van der Waals surface area contributed by atoms with Crippen LogP contribution < -0.4 is 15.6 Å². The number of ether oxygens (including phenoxy) is 1. The van der Waals surface area contributed by atoms with E-state index in [1.54, 1.807) is 43.6 Å². The zero-order valence-corrected chi connectivity index (χ0v) is 16.0. The van der Waals surface area contributed by atoms with Crippen LogP contribution in [0.3, 0.4) is 0 Å². The summed E-state index contributed by atoms with van der Waals surface area (Å²) in [4.78, 5) is 21.7. The first kappa shape index (κ1) is 18.4. The summed E-state index contributed by atoms with van der Waals surface area (Å²) in [6.45, 7) is 2.00. The molecule has 29 heavy (non-hydrogen) atoms. The van der Waals surface area contributed by atoms with Gasteiger partial charge in [-0.3, -0.25) is 4.79 Å². The molecular weight excluding hydrogens is 366 g/mol. The number of hydrogen-bond donors (Lipinski definition) is 1. The number of methoxy groups -OCH3 is 1. The minimum Gasteiger partial charge on any atom is -0.493 e. The van der Waals surface area contributed by atoms with Gasteiger partial charge in [-0.1, -0.05) is 35.9 Å². The van der Waals surface area contributed by atoms with Gasteiger partial charge in [0.15, 0.2) is 11.3 Å². The summed E-state index contributed by atoms with van der Waals surface area (Å²) in [6.07, 6.45) is 1.61. The molecule has 0 spiro atoms. The summed E-state index contributed by atoms with van der Waals surface area (Å²) in [6, 6.07) is 20.2. The number of amides is 1. The fraction of sp³-hybridized carbons (Fsp3) is 0.0870. The van der Waals surface area contributed by atoms with Gasteiger partial charge in [0.2, 0.25) is 5.55 Å². The van der Waals surface area contributed by atoms with Crippen LogP contribution in [0.4, 0.5) is 11.5 Å². The quantitative estimate of drug-likeness (QED) is 0.556. The molecule has 0 saturated heterocycles. The highest BCUT2D eigenvalue weighted by Crippen LogP contribution is 2.25. The number of rotatable bonds is 4. The second-order valence-electron chi connectivity index (χ2n) is 6.46. The first-order chi connectivity index (χ1) is 14.1. The molecule has 1 N–H and O–H groups in total. The number of nitrogens with zero attached hydrogens (tertiary/aromatic N) is 2. The number of aromatic nitrogens is 1. The molecule has 0 radical (unpaired) electrons. The maximum atomic E-state index is 13.0. The van der Waals surface area contributed by atoms with E-state index in [0.29, 0.717) is 28.4 Å². The van der Waals surface area contributed by atoms with E-state index < -0.39 is 0 Å². The molecule has 1 amide bonds. The van der Waals surface area contributed by atoms with Crippen molar-refractivity contribution in [3.63, 3.8) is 0 Å². The van der Waals surface area contributed by atoms with Gasteiger partial charge in [0.25, 0.3) is 5.91 Å². The van der Waals surface area contributed by atoms with Crippen LogP contribution >= 0.6 is 0 Å². The predicted molar refractivity (Wildman–Crippen MR) is 111 cm³/mol. The Hall–Kier alpha value is -3.93. The van der Waals surface area contributed by atoms with Crippen molar-refractivity contribution in [2.45, 2.75) is 6.92 Å². The van der Waals surface area contributed by atoms with Crippen molar-refractivity contribution in [1.29, 1.82) is 0 Å². The number of pyridine rings is 1. The lowest BCUT2D eigenvalue weighted by Crippen LogP contribution is -2.22. The Kier molecular flexibility index (Phi) is 5.07. The lowest BCUT2D eigenvalue weighted by atomic mass is 10.1. The molecule has 2 heterocycles. The predicted octanol–water partition coefficient (Wildman–Crippen LogP) is 4.63. The SMILES string of the molecule is COc1cccc2cc(C(=O)Nc3ccccn3)c(=Nc3ccc(C)cc3)oc12. The van der Waals surface area contributed by atoms with E-state index in [2.05, 4.69) is 15.3 Å². The van der Waals surface area contributed by atoms with Crippen molar-refractivity contribution in [3.8, 4) is 5.75 Å². The third kappa shape index (κ3) is 4.01. The van der Waals surface area contributed by atoms with Crippen molar-refractivity contribution in [2.75, 3.05) is 12.4 Å². The minimum atomic E-state index is -0.358. The number of aryl methyl sites for hydroxylation is 1. The van der Waals surface area contributed by atoms with Gasteiger partial charge in [0.1, 0.15) is 11.4 Å². The molecule has 2 aromatic carbocycles. The number of hydrogen-bond acceptors (Lipinski definition) is 5. The Morgan fingerprint density at radius 1 is 1.07 bits per heavy atom. The summed E-state index contributed by atoms with van der Waals surface area (Å²) in [7, 11) is 1.57. The highest BCUT2D eigenvalue weighted by molar-refractivity contribution is 6.05. The topological polar surface area (TPSA) is 76.7 Å². The molecule has 6 nitrogen and oxygen atoms in total. The van der Waals surface area contributed by atoms with Crippen LogP contribution in [0.1, 0.15) is 15.9 Å². The molecule has 0 saturated carbocycles. The average Bonchev–Trinajstić information content (AvgIpc) is 2.75. The van der Waals surface area contributed by atoms with E-state index in [-0.39, 0.29) is 11.5 Å². The molecule has 0 atom stereocenters. The van der Waals surface area contributed by atoms with Crippen LogP contribution in [-0.2, 0) is 0 Å². The molecule has 0 aliphatic carbocycles. The second kappa shape index (κ2) is 7.98. The zero-order chi connectivity index (χ0) is 20.2. The van der Waals surface area contributed by atoms with Crippen molar-refractivity contribution in [2.24, 2.45) is 4.99 Å². The molecule has 144 valence electrons. The molecular formula is C23H19N3O3. The summed E-state index contributed by atoms with van der Waals surface area (Å²) in [5, 5.41) is 3.52. The summed E-state index contributed by atoms with van der Waals surface area (Å²) in [5.74, 6) is 0.659. The Balaban J connectivity index is 1.89. The van der Waals surface area contributed by atoms with Crippen molar-refractivity contribution in [3.05, 3.63) is 89.6 Å². The highest BCUT2D eigenvalue weighted by Gasteiger charge is 2.15. The summed E-state index contributed by atoms with van der Waals surface area (Å²) >= 11 is 0. The van der Waals surface area contributed by atoms with Crippen molar-refractivity contribution >= 4 is 28.4 Å². The van der Waals surface area contributed by atoms with Crippen LogP contribution in [0.25, 0.3) is 11.0 Å². The first-order valence-electron chi connectivity index (χ1n) is 9.09. The van der Waals surface area contributed by atoms with Crippen molar-refractivity contribution in [1.82, 2.24) is 4.98 Å². The van der Waals surface area contributed by atoms with Crippen LogP contribution in [0.15, 0.2) is 82.3 Å². The normalized spacial score (nSPS) is 11.4. The van der Waals surface area contributed by atoms with E-state index in [1.807, 2.05) is 43.3 Å². The molecule has 0 unspecified atom stereocenters. The van der Waals surface area contributed by atoms with Gasteiger partial charge < -0.3 is 14.5 Å². The molecule has 0 bridgehead atoms. The standard InChI is InChI=1S/C23H19N3O3/c1-15-9-11-17(12-10-15)25-23-18(22(27)26-20-8-3-4-13-24-20)14-16-6-5-7-19(28-2)21(16)29-23/h3-14H,1-2H3,(H,24,26,27). The average molecular weight is 385 g/mol. The Morgan fingerprint density at radius 2 is 1.90 bits per heavy atom. The smallest absolute Gasteiger partial charge is 0.262 e. The zero-order valence-electron chi connectivity index (χ0n) is 16.0. The Bertz CT molecular complexity index is 1230. The molecule has 4 rings (SSSR count). The van der Waals surface area contributed by atoms with Gasteiger partial charge in [-0.2, -0.15) is 0 Å². The molecule has 2 aromatic heterocycles. The van der Waals surface area contributed by atoms with E-state index in [9.17, 15) is 4.79 Å². The third-order valence-electron chi connectivity index (χ3n) is 4.37. The van der Waals surface area contributed by atoms with Crippen LogP contribution in [0.2, 0.25) is 0 Å². The Labute approximate surface area is 167 Å². The number of nitrogens with one attached hydrogen (secondary N) is 1. The maximum Gasteiger partial charge on any atom is 0.262 e. The van der Waals surface area contributed by atoms with Crippen molar-refractivity contribution < 1.29 is 13.9 Å². The molecule has 0 aliphatic heterocycles. The number of carbonyl (C=O) groups is 1. The molecule has 6 heteroatoms. The summed E-state index contributed by atoms with van der Waals surface area (Å²) < 4.78 is 11.4. The number of para-hydroxylation sites is 1. The van der Waals surface area contributed by atoms with Crippen LogP contribution in [-0.4, -0.2) is 18.0 Å². The van der Waals surface area contributed by atoms with Gasteiger partial charge in [-0.05, 0) is 43.3 Å². The Morgan fingerprint density at radius 3 is 2.62 bits per heavy atom. The summed E-state index contributed by atoms with van der Waals surface area (Å²) in [5.41, 5.74) is 2.82. The van der Waals surface area contributed by atoms with Gasteiger partial charge in [0.05, 0.1) is 12.8 Å². The maximum absolute atomic E-state index is 13.0. The van der Waals surface area contributed by atoms with Crippen LogP contribution in [0.5, 0.6) is 5.75 Å². The number of benzene rings is 2. The van der Waals surface area contributed by atoms with E-state index >= 15 is 0 Å². The monoisotopic (exact) mass is 385 g/mol. The number of carbonyl (C=O) groups excluding carboxylic acids is 1. The molecule has 4 aromatic rings. The van der Waals surface area contributed by atoms with E-state index in [0.717, 1.165) is 10.9 Å². The fourth-order valence-electron chi connectivity index (χ4n) is 2.89. The van der Waals surface area contributed by atoms with Gasteiger partial charge in [0, 0.05) is 11.6 Å². The van der Waals surface area contributed by atoms with Gasteiger partial charge in [-0.25, -0.2) is 9.98 Å². The van der Waals surface area contributed by atoms with Crippen LogP contribution in [0, 0.1) is 6.92 Å². The van der Waals surface area contributed by atoms with E-state index in [1.165, 1.54) is 0 Å². The van der Waals surface area contributed by atoms with E-state index in [4.69, 9.17) is 9.15 Å². The lowest BCUT2D eigenvalue weighted by Gasteiger charge is -2.08. The lowest BCUT2D eigenvalue weighted by molar-refractivity contribution is 0.102. The minimum absolute atomic E-state index is 0.194. The van der Waals surface area contributed by atoms with Gasteiger partial charge >= 0.3 is 0 Å². The number of anilines is 1. The third-order valence-corrected chi connectivity index (χ3v) is 4.37. The largest absolute Gasteiger partial charge is 0.493 e. The molecule has 0 aliphatic rings. The second-order valence-corrected chi connectivity index (χ2v) is 6.46. The fourth-order valence-corrected chi connectivity index (χ4v) is 2.89. The van der Waals surface area contributed by atoms with Gasteiger partial charge in [-0.15, -0.1) is 0 Å². The molecule has 0 fully saturated rings. The first-order valence-corrected chi connectivity index (χ1v) is 9.09.